The molecule has 0 fully saturated rings. The summed E-state index contributed by atoms with van der Waals surface area (Å²) < 4.78 is 76.0. The Morgan fingerprint density at radius 2 is 1.05 bits per heavy atom. The Hall–Kier alpha value is -1.89. The molecule has 0 saturated carbocycles. The van der Waals surface area contributed by atoms with E-state index in [9.17, 15) is 26.3 Å². The second-order valence-electron chi connectivity index (χ2n) is 4.49. The van der Waals surface area contributed by atoms with Gasteiger partial charge in [-0.05, 0) is 35.4 Å². The Labute approximate surface area is 127 Å². The maximum Gasteiger partial charge on any atom is 0.416 e. The monoisotopic (exact) mass is 334 g/mol. The van der Waals surface area contributed by atoms with Crippen molar-refractivity contribution in [1.29, 1.82) is 0 Å². The molecule has 116 valence electrons. The van der Waals surface area contributed by atoms with Gasteiger partial charge in [0, 0.05) is 0 Å². The van der Waals surface area contributed by atoms with Crippen molar-refractivity contribution < 1.29 is 26.3 Å². The van der Waals surface area contributed by atoms with E-state index in [2.05, 4.69) is 0 Å². The number of hydrogen-bond acceptors (Lipinski definition) is 1. The minimum absolute atomic E-state index is 0.0455. The molecule has 0 aliphatic carbocycles. The number of rotatable bonds is 2. The molecule has 0 atom stereocenters. The van der Waals surface area contributed by atoms with Crippen molar-refractivity contribution in [2.24, 2.45) is 0 Å². The molecule has 2 aromatic carbocycles. The van der Waals surface area contributed by atoms with E-state index in [0.717, 1.165) is 36.4 Å². The molecule has 0 nitrogen and oxygen atoms in total. The second-order valence-corrected chi connectivity index (χ2v) is 4.89. The van der Waals surface area contributed by atoms with Crippen LogP contribution in [-0.2, 0) is 12.4 Å². The Morgan fingerprint density at radius 1 is 0.682 bits per heavy atom. The molecule has 0 aliphatic heterocycles. The van der Waals surface area contributed by atoms with Crippen LogP contribution in [0.25, 0.3) is 0 Å². The predicted octanol–water partition coefficient (Wildman–Crippen LogP) is 5.49. The molecule has 0 heterocycles. The summed E-state index contributed by atoms with van der Waals surface area (Å²) in [6.45, 7) is 0. The summed E-state index contributed by atoms with van der Waals surface area (Å²) in [5.41, 5.74) is -1.72. The number of thiocarbonyl (C=S) groups is 1. The lowest BCUT2D eigenvalue weighted by Crippen LogP contribution is -2.09. The molecule has 22 heavy (non-hydrogen) atoms. The lowest BCUT2D eigenvalue weighted by Gasteiger charge is -2.11. The van der Waals surface area contributed by atoms with Crippen molar-refractivity contribution in [3.63, 3.8) is 0 Å². The van der Waals surface area contributed by atoms with Crippen LogP contribution < -0.4 is 0 Å². The summed E-state index contributed by atoms with van der Waals surface area (Å²) in [6.07, 6.45) is -9.08. The first-order valence-corrected chi connectivity index (χ1v) is 6.39. The van der Waals surface area contributed by atoms with Gasteiger partial charge in [-0.25, -0.2) is 0 Å². The third-order valence-corrected chi connectivity index (χ3v) is 3.38. The maximum absolute atomic E-state index is 12.7. The van der Waals surface area contributed by atoms with Gasteiger partial charge in [-0.2, -0.15) is 26.3 Å². The summed E-state index contributed by atoms with van der Waals surface area (Å²) >= 11 is 5.02. The van der Waals surface area contributed by atoms with Gasteiger partial charge < -0.3 is 0 Å². The fourth-order valence-corrected chi connectivity index (χ4v) is 2.09. The topological polar surface area (TPSA) is 0 Å². The number of benzene rings is 2. The maximum atomic E-state index is 12.7. The average molecular weight is 334 g/mol. The third kappa shape index (κ3) is 3.65. The van der Waals surface area contributed by atoms with E-state index >= 15 is 0 Å². The zero-order valence-electron chi connectivity index (χ0n) is 10.8. The van der Waals surface area contributed by atoms with Crippen LogP contribution in [-0.4, -0.2) is 4.86 Å². The van der Waals surface area contributed by atoms with Crippen LogP contribution in [0.2, 0.25) is 0 Å². The van der Waals surface area contributed by atoms with Crippen LogP contribution in [0.3, 0.4) is 0 Å². The van der Waals surface area contributed by atoms with Gasteiger partial charge in [0.15, 0.2) is 0 Å². The number of halogens is 6. The average Bonchev–Trinajstić information content (AvgIpc) is 2.45. The predicted molar refractivity (Wildman–Crippen MR) is 73.7 cm³/mol. The van der Waals surface area contributed by atoms with Gasteiger partial charge in [-0.3, -0.25) is 0 Å². The Bertz CT molecular complexity index is 640. The molecule has 0 amide bonds. The minimum Gasteiger partial charge on any atom is -0.166 e. The van der Waals surface area contributed by atoms with E-state index in [1.165, 1.54) is 12.1 Å². The van der Waals surface area contributed by atoms with Gasteiger partial charge in [0.25, 0.3) is 0 Å². The Kier molecular flexibility index (Phi) is 4.28. The highest BCUT2D eigenvalue weighted by molar-refractivity contribution is 7.81. The van der Waals surface area contributed by atoms with Gasteiger partial charge in [0.05, 0.1) is 16.0 Å². The van der Waals surface area contributed by atoms with Crippen molar-refractivity contribution >= 4 is 17.1 Å². The molecule has 0 aliphatic rings. The zero-order valence-corrected chi connectivity index (χ0v) is 11.6. The molecule has 0 radical (unpaired) electrons. The Balaban J connectivity index is 2.41. The normalized spacial score (nSPS) is 12.3. The summed E-state index contributed by atoms with van der Waals surface area (Å²) in [5.74, 6) is 0. The first-order valence-electron chi connectivity index (χ1n) is 5.98. The van der Waals surface area contributed by atoms with Crippen LogP contribution in [0.1, 0.15) is 22.3 Å². The first kappa shape index (κ1) is 16.5. The van der Waals surface area contributed by atoms with Crippen LogP contribution in [0, 0.1) is 0 Å². The zero-order chi connectivity index (χ0) is 16.5. The van der Waals surface area contributed by atoms with Gasteiger partial charge >= 0.3 is 12.4 Å². The molecule has 2 rings (SSSR count). The van der Waals surface area contributed by atoms with Crippen molar-refractivity contribution in [3.8, 4) is 0 Å². The highest BCUT2D eigenvalue weighted by Crippen LogP contribution is 2.32. The SMILES string of the molecule is FC(F)(F)c1cccc(C(=S)c2cccc(C(F)(F)F)c2)c1. The fourth-order valence-electron chi connectivity index (χ4n) is 1.84. The van der Waals surface area contributed by atoms with Crippen LogP contribution >= 0.6 is 12.2 Å². The third-order valence-electron chi connectivity index (χ3n) is 2.90. The molecule has 0 aromatic heterocycles. The number of alkyl halides is 6. The second kappa shape index (κ2) is 5.72. The van der Waals surface area contributed by atoms with Crippen molar-refractivity contribution in [3.05, 3.63) is 70.8 Å². The van der Waals surface area contributed by atoms with Crippen LogP contribution in [0.4, 0.5) is 26.3 Å². The summed E-state index contributed by atoms with van der Waals surface area (Å²) in [5, 5.41) is 0. The number of hydrogen-bond donors (Lipinski definition) is 0. The molecule has 0 N–H and O–H groups in total. The van der Waals surface area contributed by atoms with E-state index in [0.29, 0.717) is 0 Å². The van der Waals surface area contributed by atoms with E-state index in [-0.39, 0.29) is 16.0 Å². The van der Waals surface area contributed by atoms with Crippen LogP contribution in [0.5, 0.6) is 0 Å². The molecule has 0 bridgehead atoms. The van der Waals surface area contributed by atoms with Gasteiger partial charge in [-0.1, -0.05) is 36.5 Å². The summed E-state index contributed by atoms with van der Waals surface area (Å²) in [7, 11) is 0. The smallest absolute Gasteiger partial charge is 0.166 e. The molecule has 0 saturated heterocycles. The van der Waals surface area contributed by atoms with E-state index in [1.807, 2.05) is 0 Å². The van der Waals surface area contributed by atoms with E-state index < -0.39 is 23.5 Å². The summed E-state index contributed by atoms with van der Waals surface area (Å²) in [6, 6.07) is 8.38. The largest absolute Gasteiger partial charge is 0.416 e. The molecule has 7 heteroatoms. The van der Waals surface area contributed by atoms with E-state index in [1.54, 1.807) is 0 Å². The molecular formula is C15H8F6S. The molecule has 0 unspecified atom stereocenters. The highest BCUT2D eigenvalue weighted by Gasteiger charge is 2.32. The fraction of sp³-hybridized carbons (Fsp3) is 0.133. The quantitative estimate of drug-likeness (QED) is 0.397. The Morgan fingerprint density at radius 3 is 1.36 bits per heavy atom. The lowest BCUT2D eigenvalue weighted by molar-refractivity contribution is -0.138. The van der Waals surface area contributed by atoms with Crippen LogP contribution in [0.15, 0.2) is 48.5 Å². The van der Waals surface area contributed by atoms with Crippen molar-refractivity contribution in [2.45, 2.75) is 12.4 Å². The lowest BCUT2D eigenvalue weighted by atomic mass is 10.0. The molecular weight excluding hydrogens is 326 g/mol. The molecule has 2 aromatic rings. The highest BCUT2D eigenvalue weighted by atomic mass is 32.1. The van der Waals surface area contributed by atoms with E-state index in [4.69, 9.17) is 12.2 Å². The van der Waals surface area contributed by atoms with Gasteiger partial charge in [0.1, 0.15) is 0 Å². The van der Waals surface area contributed by atoms with Crippen molar-refractivity contribution in [1.82, 2.24) is 0 Å². The minimum atomic E-state index is -4.54. The van der Waals surface area contributed by atoms with Gasteiger partial charge in [-0.15, -0.1) is 0 Å². The first-order chi connectivity index (χ1) is 10.1. The van der Waals surface area contributed by atoms with Crippen molar-refractivity contribution in [2.75, 3.05) is 0 Å². The summed E-state index contributed by atoms with van der Waals surface area (Å²) in [4.78, 5) is -0.0720. The molecule has 0 spiro atoms. The van der Waals surface area contributed by atoms with Gasteiger partial charge in [0.2, 0.25) is 0 Å². The standard InChI is InChI=1S/C15H8F6S/c16-14(17,18)11-5-1-3-9(7-11)13(22)10-4-2-6-12(8-10)15(19,20)21/h1-8H.